The Morgan fingerprint density at radius 3 is 2.27 bits per heavy atom. The topological polar surface area (TPSA) is 89.5 Å². The Kier molecular flexibility index (Phi) is 11.9. The van der Waals surface area contributed by atoms with Crippen LogP contribution in [-0.2, 0) is 27.4 Å². The summed E-state index contributed by atoms with van der Waals surface area (Å²) >= 11 is 0. The molecule has 0 unspecified atom stereocenters. The number of benzene rings is 1. The van der Waals surface area contributed by atoms with Gasteiger partial charge in [-0.2, -0.15) is 0 Å². The third kappa shape index (κ3) is 8.42. The second kappa shape index (κ2) is 14.4. The summed E-state index contributed by atoms with van der Waals surface area (Å²) in [5.74, 6) is 1.09. The molecule has 10 heteroatoms. The van der Waals surface area contributed by atoms with Crippen molar-refractivity contribution in [1.29, 1.82) is 0 Å². The zero-order valence-electron chi connectivity index (χ0n) is 19.7. The fourth-order valence-electron chi connectivity index (χ4n) is 4.11. The summed E-state index contributed by atoms with van der Waals surface area (Å²) in [5, 5.41) is 6.24. The summed E-state index contributed by atoms with van der Waals surface area (Å²) < 4.78 is 4.95. The highest BCUT2D eigenvalue weighted by atomic mass is 127. The Bertz CT molecular complexity index is 773. The first-order chi connectivity index (χ1) is 15.6. The first-order valence-electron chi connectivity index (χ1n) is 11.4. The van der Waals surface area contributed by atoms with Crippen molar-refractivity contribution in [2.45, 2.75) is 25.9 Å². The van der Waals surface area contributed by atoms with Crippen molar-refractivity contribution in [3.05, 3.63) is 35.4 Å². The Hall–Kier alpha value is -1.92. The Morgan fingerprint density at radius 1 is 1.00 bits per heavy atom. The lowest BCUT2D eigenvalue weighted by molar-refractivity contribution is -0.131. The summed E-state index contributed by atoms with van der Waals surface area (Å²) in [7, 11) is 3.40. The lowest BCUT2D eigenvalue weighted by Gasteiger charge is -2.36. The number of amides is 2. The number of nitrogens with zero attached hydrogens (tertiary/aromatic N) is 4. The first kappa shape index (κ1) is 27.3. The Morgan fingerprint density at radius 2 is 1.67 bits per heavy atom. The molecule has 2 aliphatic heterocycles. The van der Waals surface area contributed by atoms with E-state index < -0.39 is 0 Å². The molecule has 0 spiro atoms. The van der Waals surface area contributed by atoms with Crippen LogP contribution in [0.2, 0.25) is 0 Å². The van der Waals surface area contributed by atoms with Crippen LogP contribution >= 0.6 is 24.0 Å². The number of aliphatic imine (C=N–C) groups is 1. The van der Waals surface area contributed by atoms with Crippen LogP contribution in [0.15, 0.2) is 29.3 Å². The van der Waals surface area contributed by atoms with Gasteiger partial charge in [0.15, 0.2) is 5.96 Å². The second-order valence-electron chi connectivity index (χ2n) is 8.20. The third-order valence-corrected chi connectivity index (χ3v) is 5.92. The van der Waals surface area contributed by atoms with Gasteiger partial charge in [0.2, 0.25) is 11.8 Å². The molecule has 0 aliphatic carbocycles. The van der Waals surface area contributed by atoms with Gasteiger partial charge in [0, 0.05) is 72.9 Å². The molecule has 1 aromatic rings. The Labute approximate surface area is 213 Å². The number of carbonyl (C=O) groups excluding carboxylic acids is 2. The van der Waals surface area contributed by atoms with E-state index in [0.29, 0.717) is 32.7 Å². The molecule has 2 heterocycles. The highest BCUT2D eigenvalue weighted by Crippen LogP contribution is 2.22. The predicted molar refractivity (Wildman–Crippen MR) is 140 cm³/mol. The maximum Gasteiger partial charge on any atom is 0.234 e. The molecule has 0 aromatic heterocycles. The molecule has 2 aliphatic rings. The largest absolute Gasteiger partial charge is 0.383 e. The van der Waals surface area contributed by atoms with Gasteiger partial charge in [-0.1, -0.05) is 24.3 Å². The molecule has 2 N–H and O–H groups in total. The molecule has 1 saturated heterocycles. The fraction of sp³-hybridized carbons (Fsp3) is 0.609. The number of halogens is 1. The molecule has 2 amide bonds. The van der Waals surface area contributed by atoms with E-state index in [4.69, 9.17) is 4.74 Å². The quantitative estimate of drug-likeness (QED) is 0.198. The minimum Gasteiger partial charge on any atom is -0.383 e. The number of piperazine rings is 1. The van der Waals surface area contributed by atoms with Gasteiger partial charge in [0.1, 0.15) is 0 Å². The molecule has 1 fully saturated rings. The molecule has 9 nitrogen and oxygen atoms in total. The van der Waals surface area contributed by atoms with Crippen LogP contribution in [0.25, 0.3) is 0 Å². The average Bonchev–Trinajstić information content (AvgIpc) is 3.24. The number of rotatable bonds is 9. The fourth-order valence-corrected chi connectivity index (χ4v) is 4.11. The van der Waals surface area contributed by atoms with Crippen molar-refractivity contribution < 1.29 is 14.3 Å². The van der Waals surface area contributed by atoms with Crippen LogP contribution in [0.1, 0.15) is 24.0 Å². The van der Waals surface area contributed by atoms with Crippen LogP contribution in [0.3, 0.4) is 0 Å². The van der Waals surface area contributed by atoms with E-state index in [1.807, 2.05) is 17.0 Å². The number of hydrogen-bond donors (Lipinski definition) is 2. The van der Waals surface area contributed by atoms with Gasteiger partial charge >= 0.3 is 0 Å². The smallest absolute Gasteiger partial charge is 0.234 e. The van der Waals surface area contributed by atoms with Gasteiger partial charge in [-0.05, 0) is 17.5 Å². The van der Waals surface area contributed by atoms with Gasteiger partial charge in [-0.3, -0.25) is 19.5 Å². The lowest BCUT2D eigenvalue weighted by Crippen LogP contribution is -2.54. The van der Waals surface area contributed by atoms with Gasteiger partial charge in [0.05, 0.1) is 13.2 Å². The minimum absolute atomic E-state index is 0. The van der Waals surface area contributed by atoms with Gasteiger partial charge in [0.25, 0.3) is 0 Å². The van der Waals surface area contributed by atoms with E-state index >= 15 is 0 Å². The van der Waals surface area contributed by atoms with E-state index in [1.54, 1.807) is 14.2 Å². The number of guanidine groups is 1. The van der Waals surface area contributed by atoms with Crippen LogP contribution in [0.4, 0.5) is 0 Å². The van der Waals surface area contributed by atoms with Crippen molar-refractivity contribution in [1.82, 2.24) is 25.3 Å². The molecule has 33 heavy (non-hydrogen) atoms. The van der Waals surface area contributed by atoms with E-state index in [2.05, 4.69) is 37.6 Å². The molecular weight excluding hydrogens is 535 g/mol. The molecular formula is C23H37IN6O3. The normalized spacial score (nSPS) is 16.2. The zero-order valence-corrected chi connectivity index (χ0v) is 22.0. The van der Waals surface area contributed by atoms with E-state index in [-0.39, 0.29) is 35.8 Å². The Balaban J connectivity index is 0.00000385. The molecule has 1 aromatic carbocycles. The number of methoxy groups -OCH3 is 1. The standard InChI is InChI=1S/C23H36N6O3.HI/c1-24-23(28-13-11-27(12-14-28)18-21(30)25-10-15-32-2)26-9-5-8-22(31)29-16-19-6-3-4-7-20(19)17-29;/h3-4,6-7H,5,8-18H2,1-2H3,(H,24,26)(H,25,30);1H. The van der Waals surface area contributed by atoms with E-state index in [1.165, 1.54) is 11.1 Å². The molecule has 0 bridgehead atoms. The monoisotopic (exact) mass is 572 g/mol. The van der Waals surface area contributed by atoms with Crippen molar-refractivity contribution in [2.75, 3.05) is 66.6 Å². The highest BCUT2D eigenvalue weighted by molar-refractivity contribution is 14.0. The van der Waals surface area contributed by atoms with Crippen molar-refractivity contribution in [3.63, 3.8) is 0 Å². The van der Waals surface area contributed by atoms with E-state index in [9.17, 15) is 9.59 Å². The zero-order chi connectivity index (χ0) is 22.8. The first-order valence-corrected chi connectivity index (χ1v) is 11.4. The summed E-state index contributed by atoms with van der Waals surface area (Å²) in [6, 6.07) is 8.25. The maximum absolute atomic E-state index is 12.5. The number of nitrogens with one attached hydrogen (secondary N) is 2. The summed E-state index contributed by atoms with van der Waals surface area (Å²) in [5.41, 5.74) is 2.51. The number of hydrogen-bond acceptors (Lipinski definition) is 5. The van der Waals surface area contributed by atoms with E-state index in [0.717, 1.165) is 51.6 Å². The SMILES string of the molecule is CN=C(NCCCC(=O)N1Cc2ccccc2C1)N1CCN(CC(=O)NCCOC)CC1.I. The number of carbonyl (C=O) groups is 2. The third-order valence-electron chi connectivity index (χ3n) is 5.92. The molecule has 0 radical (unpaired) electrons. The van der Waals surface area contributed by atoms with Gasteiger partial charge in [-0.15, -0.1) is 24.0 Å². The molecule has 184 valence electrons. The van der Waals surface area contributed by atoms with Crippen molar-refractivity contribution in [2.24, 2.45) is 4.99 Å². The summed E-state index contributed by atoms with van der Waals surface area (Å²) in [6.45, 7) is 6.88. The summed E-state index contributed by atoms with van der Waals surface area (Å²) in [4.78, 5) is 35.2. The molecule has 3 rings (SSSR count). The van der Waals surface area contributed by atoms with Crippen molar-refractivity contribution >= 4 is 41.8 Å². The molecule has 0 atom stereocenters. The van der Waals surface area contributed by atoms with Crippen LogP contribution in [-0.4, -0.2) is 99.1 Å². The molecule has 0 saturated carbocycles. The minimum atomic E-state index is 0. The highest BCUT2D eigenvalue weighted by Gasteiger charge is 2.23. The van der Waals surface area contributed by atoms with Gasteiger partial charge < -0.3 is 25.2 Å². The summed E-state index contributed by atoms with van der Waals surface area (Å²) in [6.07, 6.45) is 1.30. The van der Waals surface area contributed by atoms with Crippen molar-refractivity contribution in [3.8, 4) is 0 Å². The number of fused-ring (bicyclic) bond motifs is 1. The van der Waals surface area contributed by atoms with Crippen LogP contribution in [0.5, 0.6) is 0 Å². The number of ether oxygens (including phenoxy) is 1. The van der Waals surface area contributed by atoms with Gasteiger partial charge in [-0.25, -0.2) is 0 Å². The van der Waals surface area contributed by atoms with Crippen LogP contribution < -0.4 is 10.6 Å². The van der Waals surface area contributed by atoms with Crippen LogP contribution in [0, 0.1) is 0 Å². The lowest BCUT2D eigenvalue weighted by atomic mass is 10.1. The maximum atomic E-state index is 12.5. The second-order valence-corrected chi connectivity index (χ2v) is 8.20. The average molecular weight is 572 g/mol. The predicted octanol–water partition coefficient (Wildman–Crippen LogP) is 0.883.